The third-order valence-electron chi connectivity index (χ3n) is 5.55. The SMILES string of the molecule is COC(=O)COc1cccc(OC)c1-c1cc(C(=O)NC(CC(=O)O)C(C)C)nn1-c1cccc(F)c1. The Balaban J connectivity index is 2.15. The molecule has 0 aliphatic rings. The first-order chi connectivity index (χ1) is 17.6. The normalized spacial score (nSPS) is 11.6. The van der Waals surface area contributed by atoms with E-state index < -0.39 is 29.7 Å². The van der Waals surface area contributed by atoms with Crippen molar-refractivity contribution in [3.63, 3.8) is 0 Å². The summed E-state index contributed by atoms with van der Waals surface area (Å²) < 4.78 is 31.3. The van der Waals surface area contributed by atoms with Crippen LogP contribution in [0, 0.1) is 11.7 Å². The molecule has 0 saturated heterocycles. The molecule has 0 aliphatic carbocycles. The second-order valence-electron chi connectivity index (χ2n) is 8.43. The number of nitrogens with one attached hydrogen (secondary N) is 1. The molecule has 1 heterocycles. The maximum absolute atomic E-state index is 14.1. The summed E-state index contributed by atoms with van der Waals surface area (Å²) in [6, 6.07) is 11.3. The van der Waals surface area contributed by atoms with Gasteiger partial charge in [0.15, 0.2) is 12.3 Å². The number of benzene rings is 2. The predicted octanol–water partition coefficient (Wildman–Crippen LogP) is 3.47. The second kappa shape index (κ2) is 12.0. The van der Waals surface area contributed by atoms with E-state index in [0.717, 1.165) is 0 Å². The van der Waals surface area contributed by atoms with Gasteiger partial charge in [-0.2, -0.15) is 5.10 Å². The number of carbonyl (C=O) groups is 3. The molecule has 11 heteroatoms. The third-order valence-corrected chi connectivity index (χ3v) is 5.55. The maximum atomic E-state index is 14.1. The predicted molar refractivity (Wildman–Crippen MR) is 131 cm³/mol. The van der Waals surface area contributed by atoms with Gasteiger partial charge in [0.1, 0.15) is 17.3 Å². The molecule has 0 radical (unpaired) electrons. The molecule has 37 heavy (non-hydrogen) atoms. The number of hydrogen-bond donors (Lipinski definition) is 2. The van der Waals surface area contributed by atoms with Gasteiger partial charge in [0.05, 0.1) is 37.6 Å². The van der Waals surface area contributed by atoms with E-state index >= 15 is 0 Å². The summed E-state index contributed by atoms with van der Waals surface area (Å²) in [4.78, 5) is 36.1. The van der Waals surface area contributed by atoms with E-state index in [2.05, 4.69) is 15.2 Å². The number of carboxylic acid groups (broad SMARTS) is 1. The van der Waals surface area contributed by atoms with Crippen molar-refractivity contribution in [3.05, 3.63) is 60.0 Å². The molecule has 2 aromatic carbocycles. The lowest BCUT2D eigenvalue weighted by molar-refractivity contribution is -0.143. The number of halogens is 1. The Morgan fingerprint density at radius 1 is 1.08 bits per heavy atom. The van der Waals surface area contributed by atoms with E-state index in [1.54, 1.807) is 38.1 Å². The topological polar surface area (TPSA) is 129 Å². The molecule has 10 nitrogen and oxygen atoms in total. The van der Waals surface area contributed by atoms with Gasteiger partial charge in [0.25, 0.3) is 5.91 Å². The Morgan fingerprint density at radius 3 is 2.41 bits per heavy atom. The lowest BCUT2D eigenvalue weighted by Crippen LogP contribution is -2.40. The fourth-order valence-corrected chi connectivity index (χ4v) is 3.61. The van der Waals surface area contributed by atoms with Crippen molar-refractivity contribution >= 4 is 17.8 Å². The first kappa shape index (κ1) is 27.2. The largest absolute Gasteiger partial charge is 0.496 e. The van der Waals surface area contributed by atoms with Gasteiger partial charge in [-0.25, -0.2) is 13.9 Å². The first-order valence-electron chi connectivity index (χ1n) is 11.4. The van der Waals surface area contributed by atoms with Gasteiger partial charge < -0.3 is 24.6 Å². The van der Waals surface area contributed by atoms with Gasteiger partial charge in [-0.3, -0.25) is 9.59 Å². The molecule has 0 bridgehead atoms. The van der Waals surface area contributed by atoms with Crippen molar-refractivity contribution in [1.29, 1.82) is 0 Å². The summed E-state index contributed by atoms with van der Waals surface area (Å²) in [5.74, 6) is -2.36. The van der Waals surface area contributed by atoms with Crippen LogP contribution in [0.3, 0.4) is 0 Å². The van der Waals surface area contributed by atoms with Gasteiger partial charge in [-0.1, -0.05) is 26.0 Å². The molecule has 1 atom stereocenters. The molecule has 1 amide bonds. The Hall–Kier alpha value is -4.41. The highest BCUT2D eigenvalue weighted by Gasteiger charge is 2.26. The van der Waals surface area contributed by atoms with E-state index in [1.165, 1.54) is 43.2 Å². The Morgan fingerprint density at radius 2 is 1.78 bits per heavy atom. The summed E-state index contributed by atoms with van der Waals surface area (Å²) >= 11 is 0. The molecule has 196 valence electrons. The smallest absolute Gasteiger partial charge is 0.343 e. The summed E-state index contributed by atoms with van der Waals surface area (Å²) in [6.45, 7) is 3.21. The fraction of sp³-hybridized carbons (Fsp3) is 0.308. The highest BCUT2D eigenvalue weighted by atomic mass is 19.1. The van der Waals surface area contributed by atoms with E-state index in [4.69, 9.17) is 9.47 Å². The molecule has 0 saturated carbocycles. The molecule has 0 aliphatic heterocycles. The van der Waals surface area contributed by atoms with E-state index in [1.807, 2.05) is 0 Å². The summed E-state index contributed by atoms with van der Waals surface area (Å²) in [5, 5.41) is 16.3. The van der Waals surface area contributed by atoms with Crippen LogP contribution in [0.25, 0.3) is 16.9 Å². The number of carboxylic acids is 1. The van der Waals surface area contributed by atoms with E-state index in [0.29, 0.717) is 22.7 Å². The van der Waals surface area contributed by atoms with Crippen LogP contribution in [0.2, 0.25) is 0 Å². The van der Waals surface area contributed by atoms with Gasteiger partial charge >= 0.3 is 11.9 Å². The van der Waals surface area contributed by atoms with Crippen molar-refractivity contribution in [2.24, 2.45) is 5.92 Å². The molecule has 3 aromatic rings. The van der Waals surface area contributed by atoms with E-state index in [-0.39, 0.29) is 30.4 Å². The minimum absolute atomic E-state index is 0.0416. The van der Waals surface area contributed by atoms with Crippen LogP contribution in [-0.2, 0) is 14.3 Å². The number of aliphatic carboxylic acids is 1. The standard InChI is InChI=1S/C26H28FN3O7/c1-15(2)18(13-23(31)32)28-26(34)19-12-20(30(29-19)17-8-5-7-16(27)11-17)25-21(35-3)9-6-10-22(25)37-14-24(33)36-4/h5-12,15,18H,13-14H2,1-4H3,(H,28,34)(H,31,32). The second-order valence-corrected chi connectivity index (χ2v) is 8.43. The number of ether oxygens (including phenoxy) is 3. The monoisotopic (exact) mass is 513 g/mol. The van der Waals surface area contributed by atoms with Gasteiger partial charge in [-0.15, -0.1) is 0 Å². The zero-order valence-corrected chi connectivity index (χ0v) is 20.9. The highest BCUT2D eigenvalue weighted by molar-refractivity contribution is 5.94. The van der Waals surface area contributed by atoms with Crippen molar-refractivity contribution < 1.29 is 38.1 Å². The Kier molecular flexibility index (Phi) is 8.83. The number of hydrogen-bond acceptors (Lipinski definition) is 7. The third kappa shape index (κ3) is 6.63. The molecule has 0 spiro atoms. The number of carbonyl (C=O) groups excluding carboxylic acids is 2. The average molecular weight is 514 g/mol. The number of rotatable bonds is 11. The van der Waals surface area contributed by atoms with Crippen LogP contribution < -0.4 is 14.8 Å². The lowest BCUT2D eigenvalue weighted by atomic mass is 10.0. The molecular formula is C26H28FN3O7. The van der Waals surface area contributed by atoms with Crippen molar-refractivity contribution in [3.8, 4) is 28.4 Å². The molecule has 1 aromatic heterocycles. The maximum Gasteiger partial charge on any atom is 0.343 e. The number of nitrogens with zero attached hydrogens (tertiary/aromatic N) is 2. The van der Waals surface area contributed by atoms with Gasteiger partial charge in [0, 0.05) is 6.04 Å². The molecule has 1 unspecified atom stereocenters. The quantitative estimate of drug-likeness (QED) is 0.373. The summed E-state index contributed by atoms with van der Waals surface area (Å²) in [5.41, 5.74) is 0.938. The minimum atomic E-state index is -1.05. The number of esters is 1. The Bertz CT molecular complexity index is 1290. The zero-order valence-electron chi connectivity index (χ0n) is 20.9. The minimum Gasteiger partial charge on any atom is -0.496 e. The average Bonchev–Trinajstić information content (AvgIpc) is 3.31. The highest BCUT2D eigenvalue weighted by Crippen LogP contribution is 2.40. The van der Waals surface area contributed by atoms with Crippen molar-refractivity contribution in [2.75, 3.05) is 20.8 Å². The van der Waals surface area contributed by atoms with Crippen LogP contribution >= 0.6 is 0 Å². The lowest BCUT2D eigenvalue weighted by Gasteiger charge is -2.19. The summed E-state index contributed by atoms with van der Waals surface area (Å²) in [7, 11) is 2.68. The van der Waals surface area contributed by atoms with Crippen molar-refractivity contribution in [1.82, 2.24) is 15.1 Å². The zero-order chi connectivity index (χ0) is 27.1. The van der Waals surface area contributed by atoms with Crippen LogP contribution in [0.4, 0.5) is 4.39 Å². The molecule has 2 N–H and O–H groups in total. The number of amides is 1. The number of methoxy groups -OCH3 is 2. The molecular weight excluding hydrogens is 485 g/mol. The fourth-order valence-electron chi connectivity index (χ4n) is 3.61. The van der Waals surface area contributed by atoms with Crippen LogP contribution in [0.15, 0.2) is 48.5 Å². The van der Waals surface area contributed by atoms with E-state index in [9.17, 15) is 23.9 Å². The van der Waals surface area contributed by atoms with Crippen LogP contribution in [0.5, 0.6) is 11.5 Å². The van der Waals surface area contributed by atoms with Crippen LogP contribution in [-0.4, -0.2) is 59.6 Å². The Labute approximate surface area is 213 Å². The van der Waals surface area contributed by atoms with Gasteiger partial charge in [-0.05, 0) is 42.3 Å². The summed E-state index contributed by atoms with van der Waals surface area (Å²) in [6.07, 6.45) is -0.265. The first-order valence-corrected chi connectivity index (χ1v) is 11.4. The molecule has 0 fully saturated rings. The van der Waals surface area contributed by atoms with Crippen LogP contribution in [0.1, 0.15) is 30.8 Å². The molecule has 3 rings (SSSR count). The van der Waals surface area contributed by atoms with Gasteiger partial charge in [0.2, 0.25) is 0 Å². The number of aromatic nitrogens is 2. The van der Waals surface area contributed by atoms with Crippen molar-refractivity contribution in [2.45, 2.75) is 26.3 Å².